The van der Waals surface area contributed by atoms with Crippen molar-refractivity contribution in [2.75, 3.05) is 41.5 Å². The number of nitrogens with one attached hydrogen (secondary N) is 2. The molecule has 196 valence electrons. The second kappa shape index (κ2) is 13.1. The molecule has 0 aliphatic heterocycles. The fourth-order valence-electron chi connectivity index (χ4n) is 3.81. The molecule has 3 aromatic carbocycles. The third kappa shape index (κ3) is 6.84. The van der Waals surface area contributed by atoms with Crippen LogP contribution in [0.3, 0.4) is 0 Å². The van der Waals surface area contributed by atoms with Crippen LogP contribution in [0.1, 0.15) is 31.8 Å². The van der Waals surface area contributed by atoms with E-state index < -0.39 is 11.8 Å². The lowest BCUT2D eigenvalue weighted by Crippen LogP contribution is -2.28. The number of para-hydroxylation sites is 1. The van der Waals surface area contributed by atoms with Gasteiger partial charge >= 0.3 is 0 Å². The predicted molar refractivity (Wildman–Crippen MR) is 139 cm³/mol. The summed E-state index contributed by atoms with van der Waals surface area (Å²) in [6.07, 6.45) is 1.09. The number of hydrogen-bond acceptors (Lipinski definition) is 7. The van der Waals surface area contributed by atoms with Gasteiger partial charge < -0.3 is 34.7 Å². The molecule has 0 aromatic heterocycles. The average Bonchev–Trinajstić information content (AvgIpc) is 2.92. The Kier molecular flexibility index (Phi) is 9.60. The Morgan fingerprint density at radius 2 is 1.05 bits per heavy atom. The minimum atomic E-state index is -0.474. The van der Waals surface area contributed by atoms with Gasteiger partial charge in [-0.1, -0.05) is 18.2 Å². The van der Waals surface area contributed by atoms with Crippen molar-refractivity contribution in [2.24, 2.45) is 0 Å². The number of ether oxygens (including phenoxy) is 4. The minimum Gasteiger partial charge on any atom is -0.506 e. The van der Waals surface area contributed by atoms with Crippen molar-refractivity contribution in [1.82, 2.24) is 10.6 Å². The molecule has 2 amide bonds. The molecule has 9 heteroatoms. The first-order valence-electron chi connectivity index (χ1n) is 11.7. The van der Waals surface area contributed by atoms with Crippen LogP contribution in [-0.4, -0.2) is 58.4 Å². The van der Waals surface area contributed by atoms with E-state index in [9.17, 15) is 14.7 Å². The number of hydrogen-bond donors (Lipinski definition) is 3. The van der Waals surface area contributed by atoms with E-state index in [4.69, 9.17) is 18.9 Å². The molecule has 3 rings (SSSR count). The summed E-state index contributed by atoms with van der Waals surface area (Å²) >= 11 is 0. The first kappa shape index (κ1) is 27.2. The van der Waals surface area contributed by atoms with E-state index in [1.807, 2.05) is 24.3 Å². The normalized spacial score (nSPS) is 10.4. The van der Waals surface area contributed by atoms with Crippen LogP contribution in [0.4, 0.5) is 0 Å². The average molecular weight is 509 g/mol. The Bertz CT molecular complexity index is 1150. The summed E-state index contributed by atoms with van der Waals surface area (Å²) in [6, 6.07) is 15.6. The largest absolute Gasteiger partial charge is 0.506 e. The zero-order chi connectivity index (χ0) is 26.8. The molecule has 0 atom stereocenters. The van der Waals surface area contributed by atoms with E-state index in [2.05, 4.69) is 10.6 Å². The fraction of sp³-hybridized carbons (Fsp3) is 0.286. The molecule has 9 nitrogen and oxygen atoms in total. The van der Waals surface area contributed by atoms with Gasteiger partial charge in [-0.05, 0) is 60.4 Å². The number of rotatable bonds is 12. The Morgan fingerprint density at radius 1 is 0.649 bits per heavy atom. The lowest BCUT2D eigenvalue weighted by molar-refractivity contribution is 0.0949. The molecule has 3 aromatic rings. The van der Waals surface area contributed by atoms with Gasteiger partial charge in [0.1, 0.15) is 5.75 Å². The van der Waals surface area contributed by atoms with Crippen molar-refractivity contribution < 1.29 is 33.6 Å². The molecule has 0 spiro atoms. The number of aromatic hydroxyl groups is 1. The van der Waals surface area contributed by atoms with Crippen LogP contribution >= 0.6 is 0 Å². The van der Waals surface area contributed by atoms with Crippen molar-refractivity contribution in [3.63, 3.8) is 0 Å². The molecule has 0 radical (unpaired) electrons. The smallest absolute Gasteiger partial charge is 0.255 e. The number of carbonyl (C=O) groups excluding carboxylic acids is 2. The Labute approximate surface area is 216 Å². The highest BCUT2D eigenvalue weighted by Gasteiger charge is 2.18. The second-order valence-corrected chi connectivity index (χ2v) is 8.09. The monoisotopic (exact) mass is 508 g/mol. The van der Waals surface area contributed by atoms with E-state index >= 15 is 0 Å². The second-order valence-electron chi connectivity index (χ2n) is 8.09. The summed E-state index contributed by atoms with van der Waals surface area (Å²) in [5.74, 6) is 1.14. The van der Waals surface area contributed by atoms with Crippen LogP contribution < -0.4 is 29.6 Å². The fourth-order valence-corrected chi connectivity index (χ4v) is 3.81. The first-order valence-corrected chi connectivity index (χ1v) is 11.7. The van der Waals surface area contributed by atoms with Gasteiger partial charge in [-0.15, -0.1) is 0 Å². The van der Waals surface area contributed by atoms with E-state index in [1.54, 1.807) is 46.6 Å². The van der Waals surface area contributed by atoms with Crippen molar-refractivity contribution in [3.05, 3.63) is 76.9 Å². The Balaban J connectivity index is 1.56. The van der Waals surface area contributed by atoms with E-state index in [-0.39, 0.29) is 16.9 Å². The third-order valence-electron chi connectivity index (χ3n) is 5.82. The lowest BCUT2D eigenvalue weighted by atomic mass is 10.1. The maximum Gasteiger partial charge on any atom is 0.255 e. The molecule has 0 bridgehead atoms. The molecule has 3 N–H and O–H groups in total. The molecular formula is C28H32N2O7. The molecular weight excluding hydrogens is 476 g/mol. The summed E-state index contributed by atoms with van der Waals surface area (Å²) < 4.78 is 21.1. The van der Waals surface area contributed by atoms with Crippen LogP contribution in [0.15, 0.2) is 54.6 Å². The third-order valence-corrected chi connectivity index (χ3v) is 5.82. The number of phenols is 1. The van der Waals surface area contributed by atoms with Crippen molar-refractivity contribution in [3.8, 4) is 28.7 Å². The van der Waals surface area contributed by atoms with Gasteiger partial charge in [0.15, 0.2) is 23.0 Å². The van der Waals surface area contributed by atoms with Crippen LogP contribution in [0, 0.1) is 0 Å². The van der Waals surface area contributed by atoms with Crippen molar-refractivity contribution >= 4 is 11.8 Å². The van der Waals surface area contributed by atoms with Gasteiger partial charge in [-0.3, -0.25) is 9.59 Å². The minimum absolute atomic E-state index is 0.0276. The number of benzene rings is 3. The summed E-state index contributed by atoms with van der Waals surface area (Å²) in [6.45, 7) is 0.658. The molecule has 0 saturated heterocycles. The SMILES string of the molecule is COc1ccc(CCNC(=O)c2cccc(C(=O)NCCc3ccc(OC)c(OC)c3)c2O)cc1OC. The molecule has 0 heterocycles. The first-order chi connectivity index (χ1) is 17.9. The lowest BCUT2D eigenvalue weighted by Gasteiger charge is -2.12. The molecule has 0 aliphatic rings. The molecule has 0 fully saturated rings. The molecule has 0 saturated carbocycles. The number of methoxy groups -OCH3 is 4. The van der Waals surface area contributed by atoms with Crippen LogP contribution in [0.5, 0.6) is 28.7 Å². The zero-order valence-electron chi connectivity index (χ0n) is 21.4. The van der Waals surface area contributed by atoms with E-state index in [1.165, 1.54) is 12.1 Å². The summed E-state index contributed by atoms with van der Waals surface area (Å²) in [4.78, 5) is 25.4. The molecule has 0 aliphatic carbocycles. The summed E-state index contributed by atoms with van der Waals surface area (Å²) in [5.41, 5.74) is 1.95. The Morgan fingerprint density at radius 3 is 1.43 bits per heavy atom. The zero-order valence-corrected chi connectivity index (χ0v) is 21.4. The van der Waals surface area contributed by atoms with Gasteiger partial charge in [0.25, 0.3) is 11.8 Å². The topological polar surface area (TPSA) is 115 Å². The van der Waals surface area contributed by atoms with E-state index in [0.717, 1.165) is 11.1 Å². The van der Waals surface area contributed by atoms with Gasteiger partial charge in [-0.2, -0.15) is 0 Å². The van der Waals surface area contributed by atoms with Gasteiger partial charge in [-0.25, -0.2) is 0 Å². The summed E-state index contributed by atoms with van der Waals surface area (Å²) in [7, 11) is 6.25. The highest BCUT2D eigenvalue weighted by Crippen LogP contribution is 2.29. The quantitative estimate of drug-likeness (QED) is 0.344. The molecule has 0 unspecified atom stereocenters. The number of amides is 2. The molecule has 37 heavy (non-hydrogen) atoms. The highest BCUT2D eigenvalue weighted by atomic mass is 16.5. The maximum absolute atomic E-state index is 12.7. The van der Waals surface area contributed by atoms with Crippen molar-refractivity contribution in [1.29, 1.82) is 0 Å². The maximum atomic E-state index is 12.7. The highest BCUT2D eigenvalue weighted by molar-refractivity contribution is 6.03. The van der Waals surface area contributed by atoms with E-state index in [0.29, 0.717) is 48.9 Å². The van der Waals surface area contributed by atoms with Gasteiger partial charge in [0.05, 0.1) is 39.6 Å². The number of phenolic OH excluding ortho intramolecular Hbond substituents is 1. The number of carbonyl (C=O) groups is 2. The predicted octanol–water partition coefficient (Wildman–Crippen LogP) is 3.37. The van der Waals surface area contributed by atoms with Gasteiger partial charge in [0.2, 0.25) is 0 Å². The van der Waals surface area contributed by atoms with Crippen LogP contribution in [-0.2, 0) is 12.8 Å². The van der Waals surface area contributed by atoms with Crippen LogP contribution in [0.2, 0.25) is 0 Å². The Hall–Kier alpha value is -4.40. The standard InChI is InChI=1S/C28H32N2O7/c1-34-22-10-8-18(16-24(22)36-3)12-14-29-27(32)20-6-5-7-21(26(20)31)28(33)30-15-13-19-9-11-23(35-2)25(17-19)37-4/h5-11,16-17,31H,12-15H2,1-4H3,(H,29,32)(H,30,33). The summed E-state index contributed by atoms with van der Waals surface area (Å²) in [5, 5.41) is 16.2. The van der Waals surface area contributed by atoms with Crippen molar-refractivity contribution in [2.45, 2.75) is 12.8 Å². The van der Waals surface area contributed by atoms with Crippen LogP contribution in [0.25, 0.3) is 0 Å². The van der Waals surface area contributed by atoms with Gasteiger partial charge in [0, 0.05) is 13.1 Å².